The van der Waals surface area contributed by atoms with Crippen LogP contribution in [0.15, 0.2) is 48.9 Å². The summed E-state index contributed by atoms with van der Waals surface area (Å²) in [7, 11) is 0. The quantitative estimate of drug-likeness (QED) is 0.372. The third-order valence-corrected chi connectivity index (χ3v) is 5.32. The molecule has 1 amide bonds. The highest BCUT2D eigenvalue weighted by Crippen LogP contribution is 2.30. The Labute approximate surface area is 198 Å². The fourth-order valence-electron chi connectivity index (χ4n) is 3.58. The lowest BCUT2D eigenvalue weighted by Gasteiger charge is -2.11. The number of carbonyl (C=O) groups is 1. The van der Waals surface area contributed by atoms with Crippen molar-refractivity contribution in [1.82, 2.24) is 19.7 Å². The van der Waals surface area contributed by atoms with Crippen LogP contribution in [0.2, 0.25) is 0 Å². The molecule has 0 unspecified atom stereocenters. The summed E-state index contributed by atoms with van der Waals surface area (Å²) in [5.41, 5.74) is 3.46. The smallest absolute Gasteiger partial charge is 0.281 e. The first-order valence-electron chi connectivity index (χ1n) is 11.4. The van der Waals surface area contributed by atoms with Crippen molar-refractivity contribution in [2.24, 2.45) is 5.92 Å². The molecule has 8 heteroatoms. The van der Waals surface area contributed by atoms with E-state index in [9.17, 15) is 4.79 Å². The van der Waals surface area contributed by atoms with Gasteiger partial charge in [0.2, 0.25) is 0 Å². The molecule has 0 bridgehead atoms. The van der Waals surface area contributed by atoms with Crippen molar-refractivity contribution in [2.45, 2.75) is 41.2 Å². The Balaban J connectivity index is 1.50. The first kappa shape index (κ1) is 23.2. The van der Waals surface area contributed by atoms with Crippen LogP contribution >= 0.6 is 0 Å². The van der Waals surface area contributed by atoms with Crippen LogP contribution in [0.3, 0.4) is 0 Å². The number of carbonyl (C=O) groups excluding carboxylic acids is 1. The van der Waals surface area contributed by atoms with Crippen molar-refractivity contribution >= 4 is 22.6 Å². The Morgan fingerprint density at radius 2 is 1.88 bits per heavy atom. The van der Waals surface area contributed by atoms with Crippen LogP contribution in [0, 0.1) is 19.8 Å². The van der Waals surface area contributed by atoms with Crippen molar-refractivity contribution in [3.63, 3.8) is 0 Å². The van der Waals surface area contributed by atoms with Gasteiger partial charge in [-0.2, -0.15) is 5.10 Å². The van der Waals surface area contributed by atoms with E-state index < -0.39 is 0 Å². The topological polar surface area (TPSA) is 91.2 Å². The van der Waals surface area contributed by atoms with Crippen molar-refractivity contribution in [3.8, 4) is 17.2 Å². The zero-order valence-corrected chi connectivity index (χ0v) is 20.1. The first-order valence-corrected chi connectivity index (χ1v) is 11.4. The second-order valence-corrected chi connectivity index (χ2v) is 8.59. The molecule has 176 valence electrons. The maximum absolute atomic E-state index is 12.8. The zero-order chi connectivity index (χ0) is 24.2. The van der Waals surface area contributed by atoms with Gasteiger partial charge in [-0.1, -0.05) is 13.8 Å². The molecule has 8 nitrogen and oxygen atoms in total. The molecule has 1 N–H and O–H groups in total. The largest absolute Gasteiger partial charge is 0.490 e. The van der Waals surface area contributed by atoms with Crippen LogP contribution in [0.4, 0.5) is 5.82 Å². The molecule has 0 radical (unpaired) electrons. The van der Waals surface area contributed by atoms with Gasteiger partial charge in [0.15, 0.2) is 11.4 Å². The average Bonchev–Trinajstić information content (AvgIpc) is 3.18. The van der Waals surface area contributed by atoms with E-state index >= 15 is 0 Å². The fourth-order valence-corrected chi connectivity index (χ4v) is 3.58. The van der Waals surface area contributed by atoms with Crippen molar-refractivity contribution in [2.75, 3.05) is 11.9 Å². The maximum Gasteiger partial charge on any atom is 0.281 e. The summed E-state index contributed by atoms with van der Waals surface area (Å²) in [4.78, 5) is 21.6. The number of aryl methyl sites for hydroxylation is 2. The summed E-state index contributed by atoms with van der Waals surface area (Å²) in [6.07, 6.45) is 5.05. The lowest BCUT2D eigenvalue weighted by atomic mass is 10.1. The number of ether oxygens (including phenoxy) is 2. The summed E-state index contributed by atoms with van der Waals surface area (Å²) in [6.45, 7) is 11.3. The molecule has 1 aromatic carbocycles. The first-order chi connectivity index (χ1) is 16.3. The van der Waals surface area contributed by atoms with E-state index in [2.05, 4.69) is 54.1 Å². The van der Waals surface area contributed by atoms with Gasteiger partial charge < -0.3 is 14.8 Å². The number of benzene rings is 1. The highest BCUT2D eigenvalue weighted by molar-refractivity contribution is 6.04. The Morgan fingerprint density at radius 3 is 2.59 bits per heavy atom. The van der Waals surface area contributed by atoms with Gasteiger partial charge in [-0.3, -0.25) is 14.5 Å². The summed E-state index contributed by atoms with van der Waals surface area (Å²) < 4.78 is 13.4. The summed E-state index contributed by atoms with van der Waals surface area (Å²) in [5.74, 6) is 2.12. The Morgan fingerprint density at radius 1 is 1.09 bits per heavy atom. The molecule has 4 rings (SSSR count). The van der Waals surface area contributed by atoms with E-state index in [0.29, 0.717) is 42.1 Å². The number of rotatable bonds is 8. The number of nitrogens with one attached hydrogen (secondary N) is 1. The number of fused-ring (bicyclic) bond motifs is 1. The standard InChI is InChI=1S/C26H29N5O3/c1-6-33-23-15-31(14-16(2)3)30-25(23)26(32)29-24-8-7-19(13-28-24)34-22-9-10-27-21-12-18(5)17(4)11-20(21)22/h7-13,15-16H,6,14H2,1-5H3,(H,28,29,32). The summed E-state index contributed by atoms with van der Waals surface area (Å²) >= 11 is 0. The van der Waals surface area contributed by atoms with Crippen LogP contribution < -0.4 is 14.8 Å². The van der Waals surface area contributed by atoms with Crippen LogP contribution in [-0.2, 0) is 6.54 Å². The van der Waals surface area contributed by atoms with Crippen LogP contribution in [-0.4, -0.2) is 32.3 Å². The molecule has 0 aliphatic rings. The molecule has 0 atom stereocenters. The second-order valence-electron chi connectivity index (χ2n) is 8.59. The Kier molecular flexibility index (Phi) is 6.77. The van der Waals surface area contributed by atoms with Crippen LogP contribution in [0.5, 0.6) is 17.2 Å². The molecule has 0 spiro atoms. The minimum atomic E-state index is -0.377. The van der Waals surface area contributed by atoms with E-state index in [1.165, 1.54) is 11.1 Å². The Hall–Kier alpha value is -3.94. The molecular formula is C26H29N5O3. The van der Waals surface area contributed by atoms with Crippen molar-refractivity contribution in [1.29, 1.82) is 0 Å². The van der Waals surface area contributed by atoms with Gasteiger partial charge >= 0.3 is 0 Å². The maximum atomic E-state index is 12.8. The van der Waals surface area contributed by atoms with Gasteiger partial charge in [0.25, 0.3) is 5.91 Å². The van der Waals surface area contributed by atoms with Crippen molar-refractivity contribution < 1.29 is 14.3 Å². The molecule has 34 heavy (non-hydrogen) atoms. The number of hydrogen-bond acceptors (Lipinski definition) is 6. The van der Waals surface area contributed by atoms with Crippen LogP contribution in [0.1, 0.15) is 42.4 Å². The van der Waals surface area contributed by atoms with Gasteiger partial charge in [-0.05, 0) is 68.1 Å². The number of hydrogen-bond donors (Lipinski definition) is 1. The molecule has 4 aromatic rings. The predicted molar refractivity (Wildman–Crippen MR) is 132 cm³/mol. The van der Waals surface area contributed by atoms with E-state index in [1.54, 1.807) is 35.4 Å². The molecule has 0 aliphatic carbocycles. The van der Waals surface area contributed by atoms with E-state index in [4.69, 9.17) is 9.47 Å². The lowest BCUT2D eigenvalue weighted by molar-refractivity contribution is 0.101. The van der Waals surface area contributed by atoms with E-state index in [-0.39, 0.29) is 11.6 Å². The van der Waals surface area contributed by atoms with Gasteiger partial charge in [0.05, 0.1) is 24.5 Å². The monoisotopic (exact) mass is 459 g/mol. The third kappa shape index (κ3) is 5.17. The predicted octanol–water partition coefficient (Wildman–Crippen LogP) is 5.54. The van der Waals surface area contributed by atoms with Gasteiger partial charge in [-0.25, -0.2) is 4.98 Å². The number of amides is 1. The molecule has 3 aromatic heterocycles. The minimum Gasteiger partial charge on any atom is -0.490 e. The molecule has 0 aliphatic heterocycles. The average molecular weight is 460 g/mol. The molecule has 3 heterocycles. The second kappa shape index (κ2) is 9.91. The van der Waals surface area contributed by atoms with Crippen molar-refractivity contribution in [3.05, 3.63) is 65.7 Å². The van der Waals surface area contributed by atoms with E-state index in [0.717, 1.165) is 10.9 Å². The zero-order valence-electron chi connectivity index (χ0n) is 20.1. The highest BCUT2D eigenvalue weighted by atomic mass is 16.5. The third-order valence-electron chi connectivity index (χ3n) is 5.32. The number of anilines is 1. The number of aromatic nitrogens is 4. The molecule has 0 fully saturated rings. The Bertz CT molecular complexity index is 1310. The normalized spacial score (nSPS) is 11.1. The SMILES string of the molecule is CCOc1cn(CC(C)C)nc1C(=O)Nc1ccc(Oc2ccnc3cc(C)c(C)cc23)cn1. The fraction of sp³-hybridized carbons (Fsp3) is 0.308. The van der Waals surface area contributed by atoms with Gasteiger partial charge in [0.1, 0.15) is 17.3 Å². The molecular weight excluding hydrogens is 430 g/mol. The highest BCUT2D eigenvalue weighted by Gasteiger charge is 2.19. The van der Waals surface area contributed by atoms with Gasteiger partial charge in [-0.15, -0.1) is 0 Å². The molecule has 0 saturated heterocycles. The molecule has 0 saturated carbocycles. The van der Waals surface area contributed by atoms with Crippen LogP contribution in [0.25, 0.3) is 10.9 Å². The number of nitrogens with zero attached hydrogens (tertiary/aromatic N) is 4. The minimum absolute atomic E-state index is 0.235. The summed E-state index contributed by atoms with van der Waals surface area (Å²) in [5, 5.41) is 8.12. The lowest BCUT2D eigenvalue weighted by Crippen LogP contribution is -2.15. The van der Waals surface area contributed by atoms with E-state index in [1.807, 2.05) is 19.1 Å². The number of pyridine rings is 2. The van der Waals surface area contributed by atoms with Gasteiger partial charge in [0, 0.05) is 18.1 Å². The summed E-state index contributed by atoms with van der Waals surface area (Å²) in [6, 6.07) is 9.40.